The number of carbonyl (C=O) groups is 2. The molecule has 1 heterocycles. The van der Waals surface area contributed by atoms with Crippen LogP contribution in [0.15, 0.2) is 103 Å². The number of benzene rings is 4. The Balaban J connectivity index is 1.61. The molecule has 5 rings (SSSR count). The van der Waals surface area contributed by atoms with E-state index in [-0.39, 0.29) is 0 Å². The molecule has 4 heteroatoms. The summed E-state index contributed by atoms with van der Waals surface area (Å²) in [5.74, 6) is -0.526. The first kappa shape index (κ1) is 19.6. The summed E-state index contributed by atoms with van der Waals surface area (Å²) in [6.07, 6.45) is 1.66. The maximum absolute atomic E-state index is 13.6. The minimum absolute atomic E-state index is 0.298. The summed E-state index contributed by atoms with van der Waals surface area (Å²) in [6, 6.07) is 30.1. The number of amides is 2. The predicted molar refractivity (Wildman–Crippen MR) is 128 cm³/mol. The lowest BCUT2D eigenvalue weighted by molar-refractivity contribution is 0.0896. The molecular weight excluding hydrogens is 396 g/mol. The number of pyridine rings is 1. The summed E-state index contributed by atoms with van der Waals surface area (Å²) in [5, 5.41) is 3.94. The first-order valence-corrected chi connectivity index (χ1v) is 10.4. The van der Waals surface area contributed by atoms with Crippen LogP contribution in [0.1, 0.15) is 26.3 Å². The van der Waals surface area contributed by atoms with Gasteiger partial charge >= 0.3 is 0 Å². The Labute approximate surface area is 185 Å². The van der Waals surface area contributed by atoms with Crippen molar-refractivity contribution in [2.24, 2.45) is 0 Å². The topological polar surface area (TPSA) is 50.3 Å². The molecule has 154 valence electrons. The van der Waals surface area contributed by atoms with Crippen molar-refractivity contribution in [3.05, 3.63) is 120 Å². The van der Waals surface area contributed by atoms with Gasteiger partial charge in [0.1, 0.15) is 5.82 Å². The van der Waals surface area contributed by atoms with Crippen molar-refractivity contribution < 1.29 is 9.59 Å². The van der Waals surface area contributed by atoms with E-state index in [1.54, 1.807) is 24.4 Å². The van der Waals surface area contributed by atoms with E-state index < -0.39 is 11.8 Å². The highest BCUT2D eigenvalue weighted by Crippen LogP contribution is 2.23. The van der Waals surface area contributed by atoms with E-state index >= 15 is 0 Å². The van der Waals surface area contributed by atoms with Crippen LogP contribution in [0.5, 0.6) is 0 Å². The number of aryl methyl sites for hydroxylation is 1. The maximum Gasteiger partial charge on any atom is 0.266 e. The van der Waals surface area contributed by atoms with Gasteiger partial charge in [-0.1, -0.05) is 66.7 Å². The Hall–Kier alpha value is -4.31. The van der Waals surface area contributed by atoms with Crippen molar-refractivity contribution in [3.8, 4) is 0 Å². The summed E-state index contributed by atoms with van der Waals surface area (Å²) >= 11 is 0. The van der Waals surface area contributed by atoms with Gasteiger partial charge in [-0.05, 0) is 64.4 Å². The molecule has 1 aromatic heterocycles. The highest BCUT2D eigenvalue weighted by Gasteiger charge is 2.27. The lowest BCUT2D eigenvalue weighted by atomic mass is 10.0. The molecule has 0 radical (unpaired) electrons. The molecule has 0 atom stereocenters. The number of fused-ring (bicyclic) bond motifs is 2. The van der Waals surface area contributed by atoms with Crippen molar-refractivity contribution in [2.75, 3.05) is 4.90 Å². The van der Waals surface area contributed by atoms with E-state index in [0.717, 1.165) is 32.0 Å². The molecule has 0 saturated carbocycles. The van der Waals surface area contributed by atoms with Gasteiger partial charge in [0.2, 0.25) is 0 Å². The highest BCUT2D eigenvalue weighted by atomic mass is 16.2. The standard InChI is InChI=1S/C28H20N2O2/c1-19-10-15-26(29-18-19)30(27(31)24-13-11-20-6-2-4-8-22(20)16-24)28(32)25-14-12-21-7-3-5-9-23(21)17-25/h2-18H,1H3. The molecule has 4 nitrogen and oxygen atoms in total. The van der Waals surface area contributed by atoms with Crippen LogP contribution in [-0.2, 0) is 0 Å². The van der Waals surface area contributed by atoms with Crippen LogP contribution in [0.3, 0.4) is 0 Å². The zero-order valence-electron chi connectivity index (χ0n) is 17.5. The van der Waals surface area contributed by atoms with Gasteiger partial charge in [0.05, 0.1) is 0 Å². The van der Waals surface area contributed by atoms with E-state index in [4.69, 9.17) is 0 Å². The van der Waals surface area contributed by atoms with Crippen LogP contribution < -0.4 is 4.90 Å². The zero-order valence-corrected chi connectivity index (χ0v) is 17.5. The fraction of sp³-hybridized carbons (Fsp3) is 0.0357. The van der Waals surface area contributed by atoms with Gasteiger partial charge < -0.3 is 0 Å². The van der Waals surface area contributed by atoms with Crippen molar-refractivity contribution in [1.82, 2.24) is 4.98 Å². The molecule has 0 aliphatic rings. The molecule has 32 heavy (non-hydrogen) atoms. The fourth-order valence-electron chi connectivity index (χ4n) is 3.80. The first-order chi connectivity index (χ1) is 15.6. The Bertz CT molecular complexity index is 1380. The summed E-state index contributed by atoms with van der Waals surface area (Å²) in [4.78, 5) is 32.8. The van der Waals surface area contributed by atoms with Crippen LogP contribution in [-0.4, -0.2) is 16.8 Å². The monoisotopic (exact) mass is 416 g/mol. The average Bonchev–Trinajstić information content (AvgIpc) is 2.84. The fourth-order valence-corrected chi connectivity index (χ4v) is 3.80. The second-order valence-corrected chi connectivity index (χ2v) is 7.76. The maximum atomic E-state index is 13.6. The number of rotatable bonds is 3. The largest absolute Gasteiger partial charge is 0.268 e. The second-order valence-electron chi connectivity index (χ2n) is 7.76. The number of imide groups is 1. The van der Waals surface area contributed by atoms with E-state index in [2.05, 4.69) is 4.98 Å². The number of anilines is 1. The van der Waals surface area contributed by atoms with Gasteiger partial charge in [0.15, 0.2) is 0 Å². The summed E-state index contributed by atoms with van der Waals surface area (Å²) in [5.41, 5.74) is 1.81. The third kappa shape index (κ3) is 3.63. The molecule has 2 amide bonds. The van der Waals surface area contributed by atoms with E-state index in [1.165, 1.54) is 0 Å². The Morgan fingerprint density at radius 3 is 1.59 bits per heavy atom. The summed E-state index contributed by atoms with van der Waals surface area (Å²) in [7, 11) is 0. The molecule has 0 spiro atoms. The average molecular weight is 416 g/mol. The van der Waals surface area contributed by atoms with Gasteiger partial charge in [-0.3, -0.25) is 9.59 Å². The summed E-state index contributed by atoms with van der Waals surface area (Å²) < 4.78 is 0. The third-order valence-electron chi connectivity index (χ3n) is 5.52. The Morgan fingerprint density at radius 2 is 1.12 bits per heavy atom. The van der Waals surface area contributed by atoms with E-state index in [1.807, 2.05) is 85.8 Å². The molecular formula is C28H20N2O2. The lowest BCUT2D eigenvalue weighted by Crippen LogP contribution is -2.37. The molecule has 0 aliphatic carbocycles. The van der Waals surface area contributed by atoms with Crippen LogP contribution in [0.2, 0.25) is 0 Å². The SMILES string of the molecule is Cc1ccc(N(C(=O)c2ccc3ccccc3c2)C(=O)c2ccc3ccccc3c2)nc1. The molecule has 0 saturated heterocycles. The Morgan fingerprint density at radius 1 is 0.625 bits per heavy atom. The molecule has 0 fully saturated rings. The smallest absolute Gasteiger partial charge is 0.266 e. The van der Waals surface area contributed by atoms with Gasteiger partial charge in [0, 0.05) is 17.3 Å². The van der Waals surface area contributed by atoms with Crippen molar-refractivity contribution in [1.29, 1.82) is 0 Å². The number of hydrogen-bond donors (Lipinski definition) is 0. The Kier molecular flexibility index (Phi) is 4.96. The minimum Gasteiger partial charge on any atom is -0.268 e. The van der Waals surface area contributed by atoms with Crippen LogP contribution in [0.4, 0.5) is 5.82 Å². The molecule has 5 aromatic rings. The molecule has 0 N–H and O–H groups in total. The molecule has 4 aromatic carbocycles. The first-order valence-electron chi connectivity index (χ1n) is 10.4. The van der Waals surface area contributed by atoms with Gasteiger partial charge in [0.25, 0.3) is 11.8 Å². The number of hydrogen-bond acceptors (Lipinski definition) is 3. The normalized spacial score (nSPS) is 10.9. The quantitative estimate of drug-likeness (QED) is 0.330. The van der Waals surface area contributed by atoms with E-state index in [9.17, 15) is 9.59 Å². The van der Waals surface area contributed by atoms with Crippen molar-refractivity contribution in [3.63, 3.8) is 0 Å². The summed E-state index contributed by atoms with van der Waals surface area (Å²) in [6.45, 7) is 1.91. The van der Waals surface area contributed by atoms with Crippen LogP contribution >= 0.6 is 0 Å². The van der Waals surface area contributed by atoms with Crippen molar-refractivity contribution >= 4 is 39.2 Å². The van der Waals surface area contributed by atoms with Crippen LogP contribution in [0, 0.1) is 6.92 Å². The minimum atomic E-state index is -0.412. The van der Waals surface area contributed by atoms with Gasteiger partial charge in [-0.25, -0.2) is 9.88 Å². The molecule has 0 unspecified atom stereocenters. The predicted octanol–water partition coefficient (Wildman–Crippen LogP) is 6.18. The second kappa shape index (κ2) is 8.08. The lowest BCUT2D eigenvalue weighted by Gasteiger charge is -2.21. The van der Waals surface area contributed by atoms with Crippen LogP contribution in [0.25, 0.3) is 21.5 Å². The number of aromatic nitrogens is 1. The molecule has 0 aliphatic heterocycles. The zero-order chi connectivity index (χ0) is 22.1. The number of carbonyl (C=O) groups excluding carboxylic acids is 2. The number of nitrogens with zero attached hydrogens (tertiary/aromatic N) is 2. The third-order valence-corrected chi connectivity index (χ3v) is 5.52. The van der Waals surface area contributed by atoms with Crippen molar-refractivity contribution in [2.45, 2.75) is 6.92 Å². The highest BCUT2D eigenvalue weighted by molar-refractivity contribution is 6.26. The van der Waals surface area contributed by atoms with E-state index in [0.29, 0.717) is 16.9 Å². The molecule has 0 bridgehead atoms. The van der Waals surface area contributed by atoms with Gasteiger partial charge in [-0.15, -0.1) is 0 Å². The van der Waals surface area contributed by atoms with Gasteiger partial charge in [-0.2, -0.15) is 0 Å².